The molecule has 1 unspecified atom stereocenters. The number of aliphatic hydroxyl groups is 1. The van der Waals surface area contributed by atoms with Gasteiger partial charge in [-0.15, -0.1) is 0 Å². The Morgan fingerprint density at radius 2 is 1.82 bits per heavy atom. The van der Waals surface area contributed by atoms with Crippen LogP contribution < -0.4 is 4.74 Å². The molecule has 0 aliphatic carbocycles. The molecule has 33 heavy (non-hydrogen) atoms. The number of morpholine rings is 1. The zero-order chi connectivity index (χ0) is 23.5. The number of amides is 1. The van der Waals surface area contributed by atoms with Gasteiger partial charge in [0.25, 0.3) is 11.7 Å². The minimum Gasteiger partial charge on any atom is -0.507 e. The van der Waals surface area contributed by atoms with Crippen molar-refractivity contribution in [1.82, 2.24) is 9.80 Å². The van der Waals surface area contributed by atoms with Crippen molar-refractivity contribution < 1.29 is 33.0 Å². The van der Waals surface area contributed by atoms with Gasteiger partial charge in [0.15, 0.2) is 11.6 Å². The van der Waals surface area contributed by atoms with Crippen molar-refractivity contribution in [2.45, 2.75) is 6.04 Å². The summed E-state index contributed by atoms with van der Waals surface area (Å²) in [4.78, 5) is 29.3. The lowest BCUT2D eigenvalue weighted by Gasteiger charge is -2.31. The van der Waals surface area contributed by atoms with Crippen LogP contribution in [-0.2, 0) is 14.3 Å². The Hall–Kier alpha value is -3.30. The van der Waals surface area contributed by atoms with E-state index >= 15 is 0 Å². The Kier molecular flexibility index (Phi) is 6.71. The Balaban J connectivity index is 1.76. The molecule has 2 aromatic carbocycles. The lowest BCUT2D eigenvalue weighted by atomic mass is 9.95. The zero-order valence-electron chi connectivity index (χ0n) is 18.1. The second-order valence-electron chi connectivity index (χ2n) is 7.82. The van der Waals surface area contributed by atoms with Gasteiger partial charge in [0.05, 0.1) is 31.9 Å². The van der Waals surface area contributed by atoms with Crippen LogP contribution in [0, 0.1) is 11.6 Å². The minimum absolute atomic E-state index is 0.0131. The first-order valence-electron chi connectivity index (χ1n) is 10.6. The number of nitrogens with zero attached hydrogens (tertiary/aromatic N) is 2. The molecule has 0 radical (unpaired) electrons. The van der Waals surface area contributed by atoms with Crippen LogP contribution in [-0.4, -0.2) is 73.1 Å². The number of carbonyl (C=O) groups is 2. The summed E-state index contributed by atoms with van der Waals surface area (Å²) in [6.45, 7) is 3.10. The molecule has 2 saturated heterocycles. The van der Waals surface area contributed by atoms with Gasteiger partial charge in [-0.3, -0.25) is 14.5 Å². The third-order valence-electron chi connectivity index (χ3n) is 5.93. The number of hydrogen-bond donors (Lipinski definition) is 1. The first kappa shape index (κ1) is 22.9. The molecule has 4 rings (SSSR count). The first-order chi connectivity index (χ1) is 15.9. The fourth-order valence-corrected chi connectivity index (χ4v) is 4.17. The van der Waals surface area contributed by atoms with E-state index in [9.17, 15) is 23.5 Å². The predicted molar refractivity (Wildman–Crippen MR) is 116 cm³/mol. The monoisotopic (exact) mass is 458 g/mol. The molecule has 2 aliphatic rings. The van der Waals surface area contributed by atoms with Crippen molar-refractivity contribution in [3.8, 4) is 5.75 Å². The van der Waals surface area contributed by atoms with Crippen LogP contribution in [0.2, 0.25) is 0 Å². The smallest absolute Gasteiger partial charge is 0.295 e. The van der Waals surface area contributed by atoms with E-state index < -0.39 is 35.1 Å². The van der Waals surface area contributed by atoms with Gasteiger partial charge >= 0.3 is 0 Å². The van der Waals surface area contributed by atoms with Crippen LogP contribution in [0.15, 0.2) is 48.0 Å². The van der Waals surface area contributed by atoms with Gasteiger partial charge in [-0.1, -0.05) is 18.2 Å². The molecule has 174 valence electrons. The lowest BCUT2D eigenvalue weighted by molar-refractivity contribution is -0.140. The molecule has 2 fully saturated rings. The molecule has 0 saturated carbocycles. The molecular formula is C24H24F2N2O5. The molecule has 1 N–H and O–H groups in total. The fraction of sp³-hybridized carbons (Fsp3) is 0.333. The van der Waals surface area contributed by atoms with E-state index in [2.05, 4.69) is 4.90 Å². The number of Topliss-reactive ketones (excluding diaryl/α,β-unsaturated/α-hetero) is 1. The van der Waals surface area contributed by atoms with Gasteiger partial charge in [0.1, 0.15) is 11.6 Å². The molecule has 2 aliphatic heterocycles. The second kappa shape index (κ2) is 9.68. The molecule has 0 bridgehead atoms. The molecule has 0 aromatic heterocycles. The normalized spacial score (nSPS) is 20.9. The standard InChI is InChI=1S/C24H24F2N2O5/c1-32-19-7-6-15(14-18(19)26)22(29)20-21(16-4-2-3-5-17(16)25)28(24(31)23(20)30)9-8-27-10-12-33-13-11-27/h2-7,14,21,29H,8-13H2,1H3. The van der Waals surface area contributed by atoms with Gasteiger partial charge in [-0.25, -0.2) is 8.78 Å². The molecule has 0 spiro atoms. The Labute approximate surface area is 189 Å². The van der Waals surface area contributed by atoms with Crippen LogP contribution in [0.4, 0.5) is 8.78 Å². The number of methoxy groups -OCH3 is 1. The van der Waals surface area contributed by atoms with Crippen molar-refractivity contribution >= 4 is 17.4 Å². The van der Waals surface area contributed by atoms with Gasteiger partial charge in [0.2, 0.25) is 0 Å². The van der Waals surface area contributed by atoms with Crippen LogP contribution in [0.5, 0.6) is 5.75 Å². The first-order valence-corrected chi connectivity index (χ1v) is 10.6. The van der Waals surface area contributed by atoms with E-state index in [1.165, 1.54) is 42.3 Å². The molecule has 2 heterocycles. The summed E-state index contributed by atoms with van der Waals surface area (Å²) < 4.78 is 39.3. The third kappa shape index (κ3) is 4.46. The number of ketones is 1. The average Bonchev–Trinajstić information content (AvgIpc) is 3.08. The van der Waals surface area contributed by atoms with E-state index in [-0.39, 0.29) is 29.0 Å². The number of halogens is 2. The molecule has 1 amide bonds. The summed E-state index contributed by atoms with van der Waals surface area (Å²) in [5.74, 6) is -3.76. The van der Waals surface area contributed by atoms with Crippen LogP contribution in [0.1, 0.15) is 17.2 Å². The maximum atomic E-state index is 14.8. The van der Waals surface area contributed by atoms with Crippen LogP contribution in [0.3, 0.4) is 0 Å². The Bertz CT molecular complexity index is 1100. The van der Waals surface area contributed by atoms with Crippen molar-refractivity contribution in [1.29, 1.82) is 0 Å². The van der Waals surface area contributed by atoms with E-state index in [1.54, 1.807) is 6.07 Å². The third-order valence-corrected chi connectivity index (χ3v) is 5.93. The van der Waals surface area contributed by atoms with E-state index in [1.807, 2.05) is 0 Å². The maximum absolute atomic E-state index is 14.8. The topological polar surface area (TPSA) is 79.3 Å². The molecule has 9 heteroatoms. The van der Waals surface area contributed by atoms with Gasteiger partial charge in [0, 0.05) is 37.3 Å². The number of likely N-dealkylation sites (tertiary alicyclic amines) is 1. The van der Waals surface area contributed by atoms with Gasteiger partial charge in [-0.05, 0) is 24.3 Å². The SMILES string of the molecule is COc1ccc(C(O)=C2C(=O)C(=O)N(CCN3CCOCC3)C2c2ccccc2F)cc1F. The van der Waals surface area contributed by atoms with E-state index in [0.29, 0.717) is 32.8 Å². The highest BCUT2D eigenvalue weighted by Crippen LogP contribution is 2.40. The average molecular weight is 458 g/mol. The summed E-state index contributed by atoms with van der Waals surface area (Å²) >= 11 is 0. The second-order valence-corrected chi connectivity index (χ2v) is 7.82. The van der Waals surface area contributed by atoms with Crippen molar-refractivity contribution in [2.75, 3.05) is 46.5 Å². The summed E-state index contributed by atoms with van der Waals surface area (Å²) in [5.41, 5.74) is -0.216. The molecule has 7 nitrogen and oxygen atoms in total. The zero-order valence-corrected chi connectivity index (χ0v) is 18.1. The van der Waals surface area contributed by atoms with Crippen LogP contribution >= 0.6 is 0 Å². The molecular weight excluding hydrogens is 434 g/mol. The van der Waals surface area contributed by atoms with E-state index in [0.717, 1.165) is 6.07 Å². The highest BCUT2D eigenvalue weighted by molar-refractivity contribution is 6.46. The molecule has 2 aromatic rings. The number of rotatable bonds is 6. The van der Waals surface area contributed by atoms with Crippen molar-refractivity contribution in [3.05, 3.63) is 70.8 Å². The predicted octanol–water partition coefficient (Wildman–Crippen LogP) is 2.73. The quantitative estimate of drug-likeness (QED) is 0.408. The minimum atomic E-state index is -1.14. The summed E-state index contributed by atoms with van der Waals surface area (Å²) in [5, 5.41) is 11.0. The molecule has 1 atom stereocenters. The summed E-state index contributed by atoms with van der Waals surface area (Å²) in [7, 11) is 1.30. The summed E-state index contributed by atoms with van der Waals surface area (Å²) in [6, 6.07) is 8.32. The van der Waals surface area contributed by atoms with E-state index in [4.69, 9.17) is 9.47 Å². The van der Waals surface area contributed by atoms with Gasteiger partial charge in [-0.2, -0.15) is 0 Å². The van der Waals surface area contributed by atoms with Gasteiger partial charge < -0.3 is 19.5 Å². The van der Waals surface area contributed by atoms with Crippen molar-refractivity contribution in [2.24, 2.45) is 0 Å². The van der Waals surface area contributed by atoms with Crippen LogP contribution in [0.25, 0.3) is 5.76 Å². The summed E-state index contributed by atoms with van der Waals surface area (Å²) in [6.07, 6.45) is 0. The number of hydrogen-bond acceptors (Lipinski definition) is 6. The maximum Gasteiger partial charge on any atom is 0.295 e. The number of ether oxygens (including phenoxy) is 2. The lowest BCUT2D eigenvalue weighted by Crippen LogP contribution is -2.42. The highest BCUT2D eigenvalue weighted by atomic mass is 19.1. The number of carbonyl (C=O) groups excluding carboxylic acids is 2. The van der Waals surface area contributed by atoms with Crippen molar-refractivity contribution in [3.63, 3.8) is 0 Å². The number of aliphatic hydroxyl groups excluding tert-OH is 1. The Morgan fingerprint density at radius 3 is 2.48 bits per heavy atom. The Morgan fingerprint density at radius 1 is 1.09 bits per heavy atom. The number of benzene rings is 2. The highest BCUT2D eigenvalue weighted by Gasteiger charge is 2.47. The largest absolute Gasteiger partial charge is 0.507 e. The fourth-order valence-electron chi connectivity index (χ4n) is 4.17.